The quantitative estimate of drug-likeness (QED) is 0.668. The van der Waals surface area contributed by atoms with Crippen LogP contribution in [0.25, 0.3) is 0 Å². The van der Waals surface area contributed by atoms with Crippen molar-refractivity contribution in [1.29, 1.82) is 0 Å². The number of nitrogens with two attached hydrogens (primary N) is 1. The minimum atomic E-state index is -0.326. The summed E-state index contributed by atoms with van der Waals surface area (Å²) < 4.78 is 5.13. The molecule has 6 heteroatoms. The molecular formula is C13H12ClN3O2. The van der Waals surface area contributed by atoms with Crippen molar-refractivity contribution in [3.05, 3.63) is 47.2 Å². The van der Waals surface area contributed by atoms with Crippen LogP contribution in [-0.4, -0.2) is 18.0 Å². The third-order valence-corrected chi connectivity index (χ3v) is 2.70. The molecule has 0 aliphatic heterocycles. The second-order valence-electron chi connectivity index (χ2n) is 3.75. The standard InChI is InChI=1S/C13H12ClN3O2/c1-19-12-9(3-2-4-10(12)15)13(18)17-8-5-6-11(14)16-7-8/h2-7H,15H2,1H3,(H,17,18). The van der Waals surface area contributed by atoms with E-state index < -0.39 is 0 Å². The maximum atomic E-state index is 12.1. The van der Waals surface area contributed by atoms with Crippen LogP contribution in [0.3, 0.4) is 0 Å². The Morgan fingerprint density at radius 1 is 1.37 bits per heavy atom. The van der Waals surface area contributed by atoms with Crippen LogP contribution in [0.2, 0.25) is 5.15 Å². The van der Waals surface area contributed by atoms with Crippen molar-refractivity contribution < 1.29 is 9.53 Å². The number of carbonyl (C=O) groups is 1. The van der Waals surface area contributed by atoms with Crippen molar-refractivity contribution >= 4 is 28.9 Å². The van der Waals surface area contributed by atoms with Crippen LogP contribution in [-0.2, 0) is 0 Å². The average Bonchev–Trinajstić information content (AvgIpc) is 2.41. The average molecular weight is 278 g/mol. The molecule has 19 heavy (non-hydrogen) atoms. The lowest BCUT2D eigenvalue weighted by molar-refractivity contribution is 0.102. The molecule has 5 nitrogen and oxygen atoms in total. The molecule has 98 valence electrons. The Morgan fingerprint density at radius 3 is 2.79 bits per heavy atom. The number of anilines is 2. The topological polar surface area (TPSA) is 77.2 Å². The number of benzene rings is 1. The van der Waals surface area contributed by atoms with E-state index in [1.54, 1.807) is 30.3 Å². The summed E-state index contributed by atoms with van der Waals surface area (Å²) >= 11 is 5.67. The van der Waals surface area contributed by atoms with Crippen LogP contribution >= 0.6 is 11.6 Å². The largest absolute Gasteiger partial charge is 0.494 e. The fraction of sp³-hybridized carbons (Fsp3) is 0.0769. The molecule has 2 rings (SSSR count). The van der Waals surface area contributed by atoms with E-state index in [4.69, 9.17) is 22.1 Å². The van der Waals surface area contributed by atoms with Gasteiger partial charge in [-0.1, -0.05) is 17.7 Å². The normalized spacial score (nSPS) is 10.0. The number of pyridine rings is 1. The summed E-state index contributed by atoms with van der Waals surface area (Å²) in [5.41, 5.74) is 7.05. The zero-order valence-corrected chi connectivity index (χ0v) is 10.9. The van der Waals surface area contributed by atoms with Gasteiger partial charge in [0.2, 0.25) is 0 Å². The Labute approximate surface area is 115 Å². The fourth-order valence-corrected chi connectivity index (χ4v) is 1.72. The van der Waals surface area contributed by atoms with Crippen molar-refractivity contribution in [1.82, 2.24) is 4.98 Å². The molecule has 0 atom stereocenters. The molecular weight excluding hydrogens is 266 g/mol. The highest BCUT2D eigenvalue weighted by Gasteiger charge is 2.14. The summed E-state index contributed by atoms with van der Waals surface area (Å²) in [6, 6.07) is 8.24. The number of amides is 1. The number of rotatable bonds is 3. The Hall–Kier alpha value is -2.27. The van der Waals surface area contributed by atoms with E-state index in [2.05, 4.69) is 10.3 Å². The van der Waals surface area contributed by atoms with Crippen molar-refractivity contribution in [3.8, 4) is 5.75 Å². The van der Waals surface area contributed by atoms with Crippen LogP contribution in [0.1, 0.15) is 10.4 Å². The summed E-state index contributed by atoms with van der Waals surface area (Å²) in [5, 5.41) is 3.05. The number of aromatic nitrogens is 1. The summed E-state index contributed by atoms with van der Waals surface area (Å²) in [4.78, 5) is 16.0. The molecule has 0 saturated heterocycles. The minimum absolute atomic E-state index is 0.326. The van der Waals surface area contributed by atoms with Gasteiger partial charge in [-0.15, -0.1) is 0 Å². The monoisotopic (exact) mass is 277 g/mol. The fourth-order valence-electron chi connectivity index (χ4n) is 1.61. The summed E-state index contributed by atoms with van der Waals surface area (Å²) in [5.74, 6) is 0.0233. The molecule has 0 spiro atoms. The first-order valence-electron chi connectivity index (χ1n) is 5.47. The van der Waals surface area contributed by atoms with Gasteiger partial charge < -0.3 is 15.8 Å². The smallest absolute Gasteiger partial charge is 0.259 e. The lowest BCUT2D eigenvalue weighted by Gasteiger charge is -2.11. The van der Waals surface area contributed by atoms with Gasteiger partial charge in [0, 0.05) is 0 Å². The minimum Gasteiger partial charge on any atom is -0.494 e. The highest BCUT2D eigenvalue weighted by Crippen LogP contribution is 2.26. The Bertz CT molecular complexity index is 599. The second-order valence-corrected chi connectivity index (χ2v) is 4.14. The van der Waals surface area contributed by atoms with Crippen LogP contribution in [0.15, 0.2) is 36.5 Å². The van der Waals surface area contributed by atoms with Crippen LogP contribution in [0.5, 0.6) is 5.75 Å². The van der Waals surface area contributed by atoms with E-state index in [9.17, 15) is 4.79 Å². The van der Waals surface area contributed by atoms with Gasteiger partial charge >= 0.3 is 0 Å². The summed E-state index contributed by atoms with van der Waals surface area (Å²) in [7, 11) is 1.46. The van der Waals surface area contributed by atoms with Gasteiger partial charge in [0.15, 0.2) is 5.75 Å². The maximum absolute atomic E-state index is 12.1. The van der Waals surface area contributed by atoms with Gasteiger partial charge in [0.25, 0.3) is 5.91 Å². The van der Waals surface area contributed by atoms with Crippen molar-refractivity contribution in [2.75, 3.05) is 18.2 Å². The van der Waals surface area contributed by atoms with E-state index >= 15 is 0 Å². The molecule has 0 radical (unpaired) electrons. The van der Waals surface area contributed by atoms with Gasteiger partial charge in [-0.2, -0.15) is 0 Å². The molecule has 0 bridgehead atoms. The molecule has 1 amide bonds. The van der Waals surface area contributed by atoms with E-state index in [0.717, 1.165) is 0 Å². The first-order valence-corrected chi connectivity index (χ1v) is 5.85. The van der Waals surface area contributed by atoms with Crippen LogP contribution in [0, 0.1) is 0 Å². The molecule has 1 aromatic carbocycles. The third kappa shape index (κ3) is 2.95. The van der Waals surface area contributed by atoms with E-state index in [0.29, 0.717) is 27.8 Å². The SMILES string of the molecule is COc1c(N)cccc1C(=O)Nc1ccc(Cl)nc1. The van der Waals surface area contributed by atoms with Gasteiger partial charge in [-0.25, -0.2) is 4.98 Å². The Morgan fingerprint density at radius 2 is 2.16 bits per heavy atom. The maximum Gasteiger partial charge on any atom is 0.259 e. The van der Waals surface area contributed by atoms with Gasteiger partial charge in [0.1, 0.15) is 5.15 Å². The highest BCUT2D eigenvalue weighted by atomic mass is 35.5. The van der Waals surface area contributed by atoms with Gasteiger partial charge in [-0.05, 0) is 24.3 Å². The predicted molar refractivity (Wildman–Crippen MR) is 74.6 cm³/mol. The molecule has 1 aromatic heterocycles. The number of nitrogens with zero attached hydrogens (tertiary/aromatic N) is 1. The highest BCUT2D eigenvalue weighted by molar-refractivity contribution is 6.29. The number of methoxy groups -OCH3 is 1. The predicted octanol–water partition coefficient (Wildman–Crippen LogP) is 2.58. The number of para-hydroxylation sites is 1. The van der Waals surface area contributed by atoms with Crippen LogP contribution in [0.4, 0.5) is 11.4 Å². The summed E-state index contributed by atoms with van der Waals surface area (Å²) in [6.07, 6.45) is 1.47. The molecule has 1 heterocycles. The Balaban J connectivity index is 2.25. The van der Waals surface area contributed by atoms with Gasteiger partial charge in [0.05, 0.1) is 30.2 Å². The number of carbonyl (C=O) groups excluding carboxylic acids is 1. The van der Waals surface area contributed by atoms with E-state index in [-0.39, 0.29) is 5.91 Å². The number of nitrogens with one attached hydrogen (secondary N) is 1. The Kier molecular flexibility index (Phi) is 3.87. The van der Waals surface area contributed by atoms with E-state index in [1.807, 2.05) is 0 Å². The molecule has 2 aromatic rings. The number of ether oxygens (including phenoxy) is 1. The first-order chi connectivity index (χ1) is 9.11. The zero-order chi connectivity index (χ0) is 13.8. The van der Waals surface area contributed by atoms with Crippen molar-refractivity contribution in [2.24, 2.45) is 0 Å². The first kappa shape index (κ1) is 13.2. The molecule has 0 aliphatic rings. The van der Waals surface area contributed by atoms with Crippen LogP contribution < -0.4 is 15.8 Å². The zero-order valence-electron chi connectivity index (χ0n) is 10.2. The molecule has 0 aliphatic carbocycles. The third-order valence-electron chi connectivity index (χ3n) is 2.48. The number of nitrogen functional groups attached to an aromatic ring is 1. The summed E-state index contributed by atoms with van der Waals surface area (Å²) in [6.45, 7) is 0. The lowest BCUT2D eigenvalue weighted by atomic mass is 10.1. The lowest BCUT2D eigenvalue weighted by Crippen LogP contribution is -2.14. The number of hydrogen-bond donors (Lipinski definition) is 2. The molecule has 3 N–H and O–H groups in total. The van der Waals surface area contributed by atoms with E-state index in [1.165, 1.54) is 13.3 Å². The van der Waals surface area contributed by atoms with Gasteiger partial charge in [-0.3, -0.25) is 4.79 Å². The number of halogens is 1. The second kappa shape index (κ2) is 5.58. The molecule has 0 unspecified atom stereocenters. The number of hydrogen-bond acceptors (Lipinski definition) is 4. The molecule has 0 saturated carbocycles. The van der Waals surface area contributed by atoms with Crippen molar-refractivity contribution in [3.63, 3.8) is 0 Å². The molecule has 0 fully saturated rings. The van der Waals surface area contributed by atoms with Crippen molar-refractivity contribution in [2.45, 2.75) is 0 Å².